The van der Waals surface area contributed by atoms with Crippen LogP contribution in [-0.4, -0.2) is 16.6 Å². The number of aromatic hydroxyl groups is 1. The molecule has 21 heavy (non-hydrogen) atoms. The van der Waals surface area contributed by atoms with Crippen molar-refractivity contribution in [2.45, 2.75) is 12.5 Å². The van der Waals surface area contributed by atoms with E-state index in [0.29, 0.717) is 5.75 Å². The molecule has 3 aromatic rings. The number of fused-ring (bicyclic) bond motifs is 3. The number of nitrogens with one attached hydrogen (secondary N) is 2. The van der Waals surface area contributed by atoms with Gasteiger partial charge in [0.15, 0.2) is 0 Å². The second kappa shape index (κ2) is 4.90. The third-order valence-corrected chi connectivity index (χ3v) is 4.65. The molecule has 0 radical (unpaired) electrons. The number of hydrogen-bond acceptors (Lipinski definition) is 2. The largest absolute Gasteiger partial charge is 0.508 e. The van der Waals surface area contributed by atoms with Gasteiger partial charge in [-0.2, -0.15) is 0 Å². The van der Waals surface area contributed by atoms with Crippen LogP contribution in [0.3, 0.4) is 0 Å². The van der Waals surface area contributed by atoms with Crippen LogP contribution in [0.2, 0.25) is 0 Å². The molecule has 0 amide bonds. The summed E-state index contributed by atoms with van der Waals surface area (Å²) in [5.41, 5.74) is 4.57. The lowest BCUT2D eigenvalue weighted by molar-refractivity contribution is 0.452. The lowest BCUT2D eigenvalue weighted by Gasteiger charge is -2.25. The van der Waals surface area contributed by atoms with Crippen molar-refractivity contribution in [1.82, 2.24) is 10.3 Å². The highest BCUT2D eigenvalue weighted by Gasteiger charge is 2.26. The smallest absolute Gasteiger partial charge is 0.120 e. The van der Waals surface area contributed by atoms with Gasteiger partial charge in [-0.15, -0.1) is 0 Å². The summed E-state index contributed by atoms with van der Waals surface area (Å²) in [6, 6.07) is 13.9. The molecule has 1 aliphatic heterocycles. The molecule has 0 saturated heterocycles. The number of aromatic nitrogens is 1. The van der Waals surface area contributed by atoms with Gasteiger partial charge in [0.1, 0.15) is 5.75 Å². The van der Waals surface area contributed by atoms with Gasteiger partial charge in [0.25, 0.3) is 0 Å². The summed E-state index contributed by atoms with van der Waals surface area (Å²) in [5.74, 6) is 0.336. The zero-order valence-electron chi connectivity index (χ0n) is 11.4. The van der Waals surface area contributed by atoms with E-state index in [0.717, 1.165) is 34.2 Å². The predicted octanol–water partition coefficient (Wildman–Crippen LogP) is 3.87. The van der Waals surface area contributed by atoms with E-state index in [9.17, 15) is 5.11 Å². The van der Waals surface area contributed by atoms with Gasteiger partial charge in [-0.05, 0) is 36.2 Å². The van der Waals surface area contributed by atoms with Crippen LogP contribution in [0.25, 0.3) is 10.9 Å². The molecule has 2 heterocycles. The Morgan fingerprint density at radius 2 is 2.00 bits per heavy atom. The van der Waals surface area contributed by atoms with Gasteiger partial charge in [-0.3, -0.25) is 0 Å². The maximum Gasteiger partial charge on any atom is 0.120 e. The minimum absolute atomic E-state index is 0.0149. The van der Waals surface area contributed by atoms with Crippen LogP contribution in [0.1, 0.15) is 22.9 Å². The quantitative estimate of drug-likeness (QED) is 0.628. The zero-order chi connectivity index (χ0) is 14.4. The number of aromatic amines is 1. The summed E-state index contributed by atoms with van der Waals surface area (Å²) in [6.45, 7) is 0.908. The van der Waals surface area contributed by atoms with E-state index >= 15 is 0 Å². The van der Waals surface area contributed by atoms with Crippen LogP contribution in [0.5, 0.6) is 5.75 Å². The summed E-state index contributed by atoms with van der Waals surface area (Å²) in [5, 5.41) is 14.9. The van der Waals surface area contributed by atoms with Crippen molar-refractivity contribution in [3.63, 3.8) is 0 Å². The van der Waals surface area contributed by atoms with Crippen LogP contribution in [0, 0.1) is 0 Å². The normalized spacial score (nSPS) is 17.9. The molecule has 0 bridgehead atoms. The lowest BCUT2D eigenvalue weighted by atomic mass is 9.94. The summed E-state index contributed by atoms with van der Waals surface area (Å²) in [6.07, 6.45) is 0.996. The number of hydrogen-bond donors (Lipinski definition) is 3. The van der Waals surface area contributed by atoms with Gasteiger partial charge in [-0.1, -0.05) is 34.1 Å². The van der Waals surface area contributed by atoms with Crippen molar-refractivity contribution >= 4 is 26.8 Å². The van der Waals surface area contributed by atoms with Crippen molar-refractivity contribution in [2.24, 2.45) is 0 Å². The van der Waals surface area contributed by atoms with Crippen molar-refractivity contribution < 1.29 is 5.11 Å². The molecule has 4 rings (SSSR count). The van der Waals surface area contributed by atoms with Crippen molar-refractivity contribution in [3.05, 3.63) is 63.8 Å². The van der Waals surface area contributed by atoms with Crippen molar-refractivity contribution in [2.75, 3.05) is 6.54 Å². The van der Waals surface area contributed by atoms with Gasteiger partial charge in [0.2, 0.25) is 0 Å². The second-order valence-electron chi connectivity index (χ2n) is 5.40. The van der Waals surface area contributed by atoms with Crippen LogP contribution in [-0.2, 0) is 6.42 Å². The molecule has 0 fully saturated rings. The fourth-order valence-corrected chi connectivity index (χ4v) is 3.56. The van der Waals surface area contributed by atoms with E-state index in [4.69, 9.17) is 0 Å². The monoisotopic (exact) mass is 342 g/mol. The van der Waals surface area contributed by atoms with Gasteiger partial charge in [0, 0.05) is 33.2 Å². The molecule has 3 nitrogen and oxygen atoms in total. The second-order valence-corrected chi connectivity index (χ2v) is 6.32. The van der Waals surface area contributed by atoms with E-state index in [1.54, 1.807) is 6.07 Å². The molecule has 2 aromatic carbocycles. The van der Waals surface area contributed by atoms with Crippen LogP contribution < -0.4 is 5.32 Å². The first-order valence-electron chi connectivity index (χ1n) is 7.05. The summed E-state index contributed by atoms with van der Waals surface area (Å²) < 4.78 is 1.09. The Morgan fingerprint density at radius 3 is 2.86 bits per heavy atom. The summed E-state index contributed by atoms with van der Waals surface area (Å²) >= 11 is 3.55. The van der Waals surface area contributed by atoms with Crippen LogP contribution in [0.4, 0.5) is 0 Å². The van der Waals surface area contributed by atoms with E-state index in [2.05, 4.69) is 38.4 Å². The maximum atomic E-state index is 10.1. The van der Waals surface area contributed by atoms with Gasteiger partial charge in [0.05, 0.1) is 6.04 Å². The maximum absolute atomic E-state index is 10.1. The number of para-hydroxylation sites is 1. The number of benzene rings is 2. The van der Waals surface area contributed by atoms with E-state index in [1.807, 2.05) is 24.3 Å². The van der Waals surface area contributed by atoms with Gasteiger partial charge >= 0.3 is 0 Å². The molecular weight excluding hydrogens is 328 g/mol. The third-order valence-electron chi connectivity index (χ3n) is 4.16. The summed E-state index contributed by atoms with van der Waals surface area (Å²) in [7, 11) is 0. The fourth-order valence-electron chi connectivity index (χ4n) is 3.20. The number of H-pyrrole nitrogens is 1. The molecule has 1 aromatic heterocycles. The third kappa shape index (κ3) is 2.06. The molecule has 106 valence electrons. The van der Waals surface area contributed by atoms with Gasteiger partial charge in [-0.25, -0.2) is 0 Å². The van der Waals surface area contributed by atoms with E-state index in [-0.39, 0.29) is 6.04 Å². The van der Waals surface area contributed by atoms with Crippen LogP contribution in [0.15, 0.2) is 46.9 Å². The standard InChI is InChI=1S/C17H15BrN2O/c18-10-5-6-14-13(9-10)11-7-8-19-16(17(11)20-14)12-3-1-2-4-15(12)21/h1-6,9,16,19-21H,7-8H2. The highest BCUT2D eigenvalue weighted by molar-refractivity contribution is 9.10. The minimum atomic E-state index is 0.0149. The Kier molecular flexibility index (Phi) is 3.01. The first-order valence-corrected chi connectivity index (χ1v) is 7.84. The lowest BCUT2D eigenvalue weighted by Crippen LogP contribution is -2.30. The molecule has 3 N–H and O–H groups in total. The Bertz CT molecular complexity index is 825. The topological polar surface area (TPSA) is 48.0 Å². The van der Waals surface area contributed by atoms with E-state index < -0.39 is 0 Å². The average molecular weight is 343 g/mol. The average Bonchev–Trinajstić information content (AvgIpc) is 2.86. The van der Waals surface area contributed by atoms with Gasteiger partial charge < -0.3 is 15.4 Å². The molecule has 1 atom stereocenters. The Hall–Kier alpha value is -1.78. The molecular formula is C17H15BrN2O. The molecule has 0 aliphatic carbocycles. The summed E-state index contributed by atoms with van der Waals surface area (Å²) in [4.78, 5) is 3.52. The molecule has 0 saturated carbocycles. The Balaban J connectivity index is 1.92. The molecule has 1 unspecified atom stereocenters. The fraction of sp³-hybridized carbons (Fsp3) is 0.176. The number of halogens is 1. The molecule has 0 spiro atoms. The van der Waals surface area contributed by atoms with E-state index in [1.165, 1.54) is 10.9 Å². The molecule has 4 heteroatoms. The predicted molar refractivity (Wildman–Crippen MR) is 87.7 cm³/mol. The first kappa shape index (κ1) is 12.9. The molecule has 1 aliphatic rings. The number of phenolic OH excluding ortho intramolecular Hbond substituents is 1. The van der Waals surface area contributed by atoms with Crippen molar-refractivity contribution in [1.29, 1.82) is 0 Å². The number of phenols is 1. The SMILES string of the molecule is Oc1ccccc1C1NCCc2c1[nH]c1ccc(Br)cc21. The Morgan fingerprint density at radius 1 is 1.14 bits per heavy atom. The highest BCUT2D eigenvalue weighted by atomic mass is 79.9. The highest BCUT2D eigenvalue weighted by Crippen LogP contribution is 2.37. The minimum Gasteiger partial charge on any atom is -0.508 e. The zero-order valence-corrected chi connectivity index (χ0v) is 12.9. The van der Waals surface area contributed by atoms with Crippen LogP contribution >= 0.6 is 15.9 Å². The van der Waals surface area contributed by atoms with Crippen molar-refractivity contribution in [3.8, 4) is 5.75 Å². The number of rotatable bonds is 1. The first-order chi connectivity index (χ1) is 10.2. The Labute approximate surface area is 131 Å².